The first-order valence-electron chi connectivity index (χ1n) is 10.5. The number of aromatic hydroxyl groups is 1. The van der Waals surface area contributed by atoms with Crippen molar-refractivity contribution < 1.29 is 17.9 Å². The third-order valence-electron chi connectivity index (χ3n) is 5.13. The summed E-state index contributed by atoms with van der Waals surface area (Å²) in [4.78, 5) is 14.4. The summed E-state index contributed by atoms with van der Waals surface area (Å²) in [5.41, 5.74) is 2.95. The molecular weight excluding hydrogens is 491 g/mol. The molecule has 178 valence electrons. The van der Waals surface area contributed by atoms with Gasteiger partial charge in [0.25, 0.3) is 0 Å². The van der Waals surface area contributed by atoms with Crippen LogP contribution in [0.4, 0.5) is 10.3 Å². The molecule has 0 aliphatic heterocycles. The van der Waals surface area contributed by atoms with Gasteiger partial charge in [0.2, 0.25) is 16.0 Å². The Hall–Kier alpha value is -3.87. The van der Waals surface area contributed by atoms with Gasteiger partial charge in [-0.25, -0.2) is 32.5 Å². The molecule has 9 nitrogen and oxygen atoms in total. The fourth-order valence-corrected chi connectivity index (χ4v) is 5.23. The Bertz CT molecular complexity index is 1580. The molecule has 3 N–H and O–H groups in total. The Morgan fingerprint density at radius 3 is 2.54 bits per heavy atom. The van der Waals surface area contributed by atoms with Gasteiger partial charge in [0.1, 0.15) is 17.3 Å². The van der Waals surface area contributed by atoms with Crippen LogP contribution in [0, 0.1) is 5.82 Å². The molecular formula is C23H19FN6O3S2. The average molecular weight is 511 g/mol. The number of benzene rings is 2. The first-order valence-corrected chi connectivity index (χ1v) is 12.8. The number of imidazole rings is 1. The summed E-state index contributed by atoms with van der Waals surface area (Å²) >= 11 is 1.49. The van der Waals surface area contributed by atoms with Crippen molar-refractivity contribution in [3.63, 3.8) is 0 Å². The average Bonchev–Trinajstić information content (AvgIpc) is 3.44. The second kappa shape index (κ2) is 9.41. The quantitative estimate of drug-likeness (QED) is 0.272. The van der Waals surface area contributed by atoms with Crippen molar-refractivity contribution in [2.75, 3.05) is 18.4 Å². The summed E-state index contributed by atoms with van der Waals surface area (Å²) in [6, 6.07) is 13.2. The minimum Gasteiger partial charge on any atom is -0.508 e. The zero-order valence-electron chi connectivity index (χ0n) is 18.1. The molecule has 12 heteroatoms. The van der Waals surface area contributed by atoms with Gasteiger partial charge in [-0.2, -0.15) is 0 Å². The van der Waals surface area contributed by atoms with E-state index in [-0.39, 0.29) is 23.7 Å². The number of fused-ring (bicyclic) bond motifs is 1. The van der Waals surface area contributed by atoms with Crippen molar-refractivity contribution in [1.29, 1.82) is 0 Å². The van der Waals surface area contributed by atoms with Crippen molar-refractivity contribution >= 4 is 32.3 Å². The van der Waals surface area contributed by atoms with E-state index in [1.54, 1.807) is 36.5 Å². The standard InChI is InChI=1S/C23H19FN6O3S2/c24-16-3-7-18(8-4-16)35(32,33)27-12-11-26-22-25-10-9-19(28-22)21-20(15-1-5-17(31)6-2-15)29-23-30(21)13-14-34-23/h1-10,13-14,27,31H,11-12H2,(H,25,26,28). The van der Waals surface area contributed by atoms with E-state index in [1.165, 1.54) is 23.5 Å². The number of anilines is 1. The van der Waals surface area contributed by atoms with Crippen LogP contribution in [0.25, 0.3) is 27.6 Å². The van der Waals surface area contributed by atoms with E-state index in [0.29, 0.717) is 17.3 Å². The highest BCUT2D eigenvalue weighted by molar-refractivity contribution is 7.89. The molecule has 2 aromatic carbocycles. The van der Waals surface area contributed by atoms with Gasteiger partial charge in [-0.05, 0) is 54.6 Å². The number of aromatic nitrogens is 4. The summed E-state index contributed by atoms with van der Waals surface area (Å²) in [6.45, 7) is 0.308. The van der Waals surface area contributed by atoms with Gasteiger partial charge in [-0.15, -0.1) is 11.3 Å². The van der Waals surface area contributed by atoms with Crippen LogP contribution in [0.5, 0.6) is 5.75 Å². The first kappa shape index (κ1) is 22.9. The summed E-state index contributed by atoms with van der Waals surface area (Å²) in [6.07, 6.45) is 3.52. The van der Waals surface area contributed by atoms with E-state index in [2.05, 4.69) is 20.0 Å². The van der Waals surface area contributed by atoms with Crippen LogP contribution in [0.15, 0.2) is 77.3 Å². The largest absolute Gasteiger partial charge is 0.508 e. The highest BCUT2D eigenvalue weighted by Gasteiger charge is 2.19. The molecule has 0 fully saturated rings. The molecule has 3 heterocycles. The Morgan fingerprint density at radius 2 is 1.77 bits per heavy atom. The van der Waals surface area contributed by atoms with Gasteiger partial charge >= 0.3 is 0 Å². The zero-order valence-corrected chi connectivity index (χ0v) is 19.7. The molecule has 35 heavy (non-hydrogen) atoms. The lowest BCUT2D eigenvalue weighted by Gasteiger charge is -2.09. The Balaban J connectivity index is 1.33. The molecule has 0 spiro atoms. The van der Waals surface area contributed by atoms with Crippen molar-refractivity contribution in [3.05, 3.63) is 78.2 Å². The van der Waals surface area contributed by atoms with Gasteiger partial charge in [0, 0.05) is 36.4 Å². The lowest BCUT2D eigenvalue weighted by molar-refractivity contribution is 0.475. The molecule has 0 unspecified atom stereocenters. The SMILES string of the molecule is O=S(=O)(NCCNc1nccc(-c2c(-c3ccc(O)cc3)nc3sccn23)n1)c1ccc(F)cc1. The normalized spacial score (nSPS) is 11.7. The summed E-state index contributed by atoms with van der Waals surface area (Å²) < 4.78 is 42.1. The van der Waals surface area contributed by atoms with E-state index >= 15 is 0 Å². The molecule has 5 rings (SSSR count). The highest BCUT2D eigenvalue weighted by Crippen LogP contribution is 2.34. The maximum atomic E-state index is 13.1. The third kappa shape index (κ3) is 4.85. The Labute approximate surface area is 204 Å². The summed E-state index contributed by atoms with van der Waals surface area (Å²) in [5.74, 6) is -0.0145. The monoisotopic (exact) mass is 510 g/mol. The molecule has 0 aliphatic carbocycles. The van der Waals surface area contributed by atoms with Crippen molar-refractivity contribution in [2.24, 2.45) is 0 Å². The van der Waals surface area contributed by atoms with E-state index in [4.69, 9.17) is 4.98 Å². The zero-order chi connectivity index (χ0) is 24.4. The molecule has 0 atom stereocenters. The van der Waals surface area contributed by atoms with Crippen LogP contribution in [0.3, 0.4) is 0 Å². The molecule has 5 aromatic rings. The minimum atomic E-state index is -3.76. The predicted octanol–water partition coefficient (Wildman–Crippen LogP) is 3.75. The molecule has 0 saturated carbocycles. The van der Waals surface area contributed by atoms with Crippen LogP contribution in [-0.4, -0.2) is 46.0 Å². The van der Waals surface area contributed by atoms with Crippen LogP contribution in [-0.2, 0) is 10.0 Å². The number of thiazole rings is 1. The Kier molecular flexibility index (Phi) is 6.16. The van der Waals surface area contributed by atoms with Gasteiger partial charge < -0.3 is 10.4 Å². The van der Waals surface area contributed by atoms with Crippen molar-refractivity contribution in [1.82, 2.24) is 24.1 Å². The molecule has 0 aliphatic rings. The highest BCUT2D eigenvalue weighted by atomic mass is 32.2. The smallest absolute Gasteiger partial charge is 0.240 e. The molecule has 3 aromatic heterocycles. The number of halogens is 1. The maximum Gasteiger partial charge on any atom is 0.240 e. The second-order valence-electron chi connectivity index (χ2n) is 7.46. The van der Waals surface area contributed by atoms with Gasteiger partial charge in [-0.1, -0.05) is 0 Å². The van der Waals surface area contributed by atoms with Gasteiger partial charge in [-0.3, -0.25) is 4.40 Å². The third-order valence-corrected chi connectivity index (χ3v) is 7.36. The van der Waals surface area contributed by atoms with E-state index in [9.17, 15) is 17.9 Å². The van der Waals surface area contributed by atoms with Crippen LogP contribution >= 0.6 is 11.3 Å². The fraction of sp³-hybridized carbons (Fsp3) is 0.0870. The first-order chi connectivity index (χ1) is 16.9. The lowest BCUT2D eigenvalue weighted by atomic mass is 10.1. The second-order valence-corrected chi connectivity index (χ2v) is 10.1. The fourth-order valence-electron chi connectivity index (χ4n) is 3.48. The van der Waals surface area contributed by atoms with E-state index in [0.717, 1.165) is 28.4 Å². The lowest BCUT2D eigenvalue weighted by Crippen LogP contribution is -2.29. The number of phenols is 1. The Morgan fingerprint density at radius 1 is 1.00 bits per heavy atom. The number of rotatable bonds is 8. The van der Waals surface area contributed by atoms with Gasteiger partial charge in [0.15, 0.2) is 4.96 Å². The number of hydrogen-bond donors (Lipinski definition) is 3. The van der Waals surface area contributed by atoms with Gasteiger partial charge in [0.05, 0.1) is 16.3 Å². The van der Waals surface area contributed by atoms with Crippen LogP contribution < -0.4 is 10.0 Å². The van der Waals surface area contributed by atoms with E-state index < -0.39 is 15.8 Å². The van der Waals surface area contributed by atoms with Crippen molar-refractivity contribution in [3.8, 4) is 28.4 Å². The number of hydrogen-bond acceptors (Lipinski definition) is 8. The van der Waals surface area contributed by atoms with Crippen molar-refractivity contribution in [2.45, 2.75) is 4.90 Å². The molecule has 0 bridgehead atoms. The van der Waals surface area contributed by atoms with Crippen LogP contribution in [0.1, 0.15) is 0 Å². The number of sulfonamides is 1. The maximum absolute atomic E-state index is 13.1. The number of nitrogens with zero attached hydrogens (tertiary/aromatic N) is 4. The molecule has 0 saturated heterocycles. The number of phenolic OH excluding ortho intramolecular Hbond substituents is 1. The molecule has 0 radical (unpaired) electrons. The molecule has 0 amide bonds. The predicted molar refractivity (Wildman–Crippen MR) is 131 cm³/mol. The van der Waals surface area contributed by atoms with E-state index in [1.807, 2.05) is 16.0 Å². The summed E-state index contributed by atoms with van der Waals surface area (Å²) in [7, 11) is -3.76. The minimum absolute atomic E-state index is 0.0144. The topological polar surface area (TPSA) is 122 Å². The summed E-state index contributed by atoms with van der Waals surface area (Å²) in [5, 5.41) is 14.6. The van der Waals surface area contributed by atoms with Crippen LogP contribution in [0.2, 0.25) is 0 Å². The number of nitrogens with one attached hydrogen (secondary N) is 2.